The molecule has 106 valence electrons. The smallest absolute Gasteiger partial charge is 0.387 e. The zero-order valence-electron chi connectivity index (χ0n) is 11.1. The van der Waals surface area contributed by atoms with Crippen LogP contribution < -0.4 is 10.1 Å². The summed E-state index contributed by atoms with van der Waals surface area (Å²) >= 11 is 0. The second-order valence-corrected chi connectivity index (χ2v) is 4.35. The van der Waals surface area contributed by atoms with Gasteiger partial charge in [-0.25, -0.2) is 0 Å². The molecule has 1 N–H and O–H groups in total. The molecule has 0 radical (unpaired) electrons. The third-order valence-electron chi connectivity index (χ3n) is 3.05. The molecule has 0 aliphatic carbocycles. The van der Waals surface area contributed by atoms with Crippen LogP contribution >= 0.6 is 0 Å². The predicted octanol–water partition coefficient (Wildman–Crippen LogP) is 3.19. The van der Waals surface area contributed by atoms with Gasteiger partial charge in [0, 0.05) is 18.4 Å². The molecule has 1 unspecified atom stereocenters. The number of halogens is 2. The third kappa shape index (κ3) is 3.99. The van der Waals surface area contributed by atoms with Crippen LogP contribution in [0.3, 0.4) is 0 Å². The maximum Gasteiger partial charge on any atom is 0.387 e. The average Bonchev–Trinajstić information content (AvgIpc) is 2.46. The van der Waals surface area contributed by atoms with Crippen LogP contribution in [0, 0.1) is 0 Å². The number of aromatic nitrogens is 1. The Kier molecular flexibility index (Phi) is 5.01. The van der Waals surface area contributed by atoms with E-state index in [1.807, 2.05) is 19.2 Å². The van der Waals surface area contributed by atoms with E-state index in [4.69, 9.17) is 0 Å². The van der Waals surface area contributed by atoms with E-state index < -0.39 is 6.61 Å². The molecule has 1 atom stereocenters. The van der Waals surface area contributed by atoms with Gasteiger partial charge in [0.2, 0.25) is 0 Å². The fourth-order valence-electron chi connectivity index (χ4n) is 2.02. The van der Waals surface area contributed by atoms with Crippen LogP contribution in [0.15, 0.2) is 48.8 Å². The monoisotopic (exact) mass is 278 g/mol. The van der Waals surface area contributed by atoms with Crippen LogP contribution in [0.4, 0.5) is 8.78 Å². The van der Waals surface area contributed by atoms with Crippen LogP contribution in [0.25, 0.3) is 0 Å². The van der Waals surface area contributed by atoms with E-state index in [2.05, 4.69) is 15.0 Å². The summed E-state index contributed by atoms with van der Waals surface area (Å²) in [5.74, 6) is 0.169. The van der Waals surface area contributed by atoms with Gasteiger partial charge >= 0.3 is 6.61 Å². The number of nitrogens with zero attached hydrogens (tertiary/aromatic N) is 1. The lowest BCUT2D eigenvalue weighted by Gasteiger charge is -2.17. The summed E-state index contributed by atoms with van der Waals surface area (Å²) < 4.78 is 28.5. The summed E-state index contributed by atoms with van der Waals surface area (Å²) in [6, 6.07) is 10.7. The Morgan fingerprint density at radius 1 is 1.10 bits per heavy atom. The molecule has 1 heterocycles. The summed E-state index contributed by atoms with van der Waals surface area (Å²) in [6.07, 6.45) is 4.30. The topological polar surface area (TPSA) is 34.2 Å². The highest BCUT2D eigenvalue weighted by Crippen LogP contribution is 2.21. The van der Waals surface area contributed by atoms with Gasteiger partial charge in [0.15, 0.2) is 0 Å². The molecule has 2 rings (SSSR count). The van der Waals surface area contributed by atoms with Crippen molar-refractivity contribution >= 4 is 0 Å². The molecule has 0 amide bonds. The number of hydrogen-bond donors (Lipinski definition) is 1. The molecule has 5 heteroatoms. The number of pyridine rings is 1. The van der Waals surface area contributed by atoms with Crippen molar-refractivity contribution in [2.24, 2.45) is 0 Å². The molecule has 2 aromatic rings. The highest BCUT2D eigenvalue weighted by atomic mass is 19.3. The molecular formula is C15H16F2N2O. The van der Waals surface area contributed by atoms with Crippen molar-refractivity contribution < 1.29 is 13.5 Å². The van der Waals surface area contributed by atoms with E-state index in [-0.39, 0.29) is 11.8 Å². The van der Waals surface area contributed by atoms with Crippen LogP contribution in [0.1, 0.15) is 17.2 Å². The molecule has 0 fully saturated rings. The SMILES string of the molecule is CNC(Cc1ccncc1)c1ccc(OC(F)F)cc1. The maximum atomic E-state index is 12.1. The lowest BCUT2D eigenvalue weighted by molar-refractivity contribution is -0.0498. The summed E-state index contributed by atoms with van der Waals surface area (Å²) in [4.78, 5) is 3.98. The van der Waals surface area contributed by atoms with E-state index >= 15 is 0 Å². The lowest BCUT2D eigenvalue weighted by atomic mass is 9.99. The molecule has 20 heavy (non-hydrogen) atoms. The number of nitrogens with one attached hydrogen (secondary N) is 1. The first-order chi connectivity index (χ1) is 9.69. The quantitative estimate of drug-likeness (QED) is 0.881. The fraction of sp³-hybridized carbons (Fsp3) is 0.267. The van der Waals surface area contributed by atoms with Crippen LogP contribution in [-0.4, -0.2) is 18.6 Å². The van der Waals surface area contributed by atoms with E-state index in [1.165, 1.54) is 0 Å². The minimum Gasteiger partial charge on any atom is -0.435 e. The van der Waals surface area contributed by atoms with Crippen molar-refractivity contribution in [1.82, 2.24) is 10.3 Å². The number of likely N-dealkylation sites (N-methyl/N-ethyl adjacent to an activating group) is 1. The second kappa shape index (κ2) is 6.96. The predicted molar refractivity (Wildman–Crippen MR) is 72.8 cm³/mol. The van der Waals surface area contributed by atoms with Gasteiger partial charge in [0.1, 0.15) is 5.75 Å². The van der Waals surface area contributed by atoms with Gasteiger partial charge in [-0.05, 0) is 48.9 Å². The van der Waals surface area contributed by atoms with Gasteiger partial charge in [-0.1, -0.05) is 12.1 Å². The molecule has 0 aliphatic rings. The highest BCUT2D eigenvalue weighted by molar-refractivity contribution is 5.30. The summed E-state index contributed by atoms with van der Waals surface area (Å²) in [6.45, 7) is -2.79. The zero-order valence-corrected chi connectivity index (χ0v) is 11.1. The normalized spacial score (nSPS) is 12.4. The van der Waals surface area contributed by atoms with Crippen molar-refractivity contribution in [2.45, 2.75) is 19.1 Å². The molecule has 0 aliphatic heterocycles. The molecule has 0 bridgehead atoms. The third-order valence-corrected chi connectivity index (χ3v) is 3.05. The van der Waals surface area contributed by atoms with Gasteiger partial charge in [0.05, 0.1) is 0 Å². The first-order valence-electron chi connectivity index (χ1n) is 6.30. The Hall–Kier alpha value is -2.01. The first kappa shape index (κ1) is 14.4. The highest BCUT2D eigenvalue weighted by Gasteiger charge is 2.11. The number of hydrogen-bond acceptors (Lipinski definition) is 3. The largest absolute Gasteiger partial charge is 0.435 e. The number of alkyl halides is 2. The van der Waals surface area contributed by atoms with Crippen LogP contribution in [0.2, 0.25) is 0 Å². The van der Waals surface area contributed by atoms with Gasteiger partial charge in [-0.2, -0.15) is 8.78 Å². The molecule has 3 nitrogen and oxygen atoms in total. The summed E-state index contributed by atoms with van der Waals surface area (Å²) in [7, 11) is 1.87. The van der Waals surface area contributed by atoms with Gasteiger partial charge in [-0.15, -0.1) is 0 Å². The lowest BCUT2D eigenvalue weighted by Crippen LogP contribution is -2.18. The fourth-order valence-corrected chi connectivity index (χ4v) is 2.02. The Bertz CT molecular complexity index is 517. The number of rotatable bonds is 6. The second-order valence-electron chi connectivity index (χ2n) is 4.35. The average molecular weight is 278 g/mol. The van der Waals surface area contributed by atoms with Crippen LogP contribution in [-0.2, 0) is 6.42 Å². The Morgan fingerprint density at radius 2 is 1.75 bits per heavy atom. The van der Waals surface area contributed by atoms with Crippen LogP contribution in [0.5, 0.6) is 5.75 Å². The summed E-state index contributed by atoms with van der Waals surface area (Å²) in [5, 5.41) is 3.22. The van der Waals surface area contributed by atoms with Crippen molar-refractivity contribution in [1.29, 1.82) is 0 Å². The zero-order chi connectivity index (χ0) is 14.4. The van der Waals surface area contributed by atoms with Gasteiger partial charge in [0.25, 0.3) is 0 Å². The minimum atomic E-state index is -2.79. The molecule has 0 saturated carbocycles. The molecule has 0 saturated heterocycles. The van der Waals surface area contributed by atoms with Crippen molar-refractivity contribution in [3.8, 4) is 5.75 Å². The van der Waals surface area contributed by atoms with Crippen molar-refractivity contribution in [2.75, 3.05) is 7.05 Å². The van der Waals surface area contributed by atoms with Crippen molar-refractivity contribution in [3.05, 3.63) is 59.9 Å². The number of benzene rings is 1. The van der Waals surface area contributed by atoms with E-state index in [9.17, 15) is 8.78 Å². The van der Waals surface area contributed by atoms with Crippen molar-refractivity contribution in [3.63, 3.8) is 0 Å². The van der Waals surface area contributed by atoms with E-state index in [0.717, 1.165) is 17.5 Å². The number of ether oxygens (including phenoxy) is 1. The standard InChI is InChI=1S/C15H16F2N2O/c1-18-14(10-11-6-8-19-9-7-11)12-2-4-13(5-3-12)20-15(16)17/h2-9,14-15,18H,10H2,1H3. The Balaban J connectivity index is 2.07. The molecule has 1 aromatic heterocycles. The Morgan fingerprint density at radius 3 is 2.30 bits per heavy atom. The molecule has 1 aromatic carbocycles. The van der Waals surface area contributed by atoms with Gasteiger partial charge < -0.3 is 10.1 Å². The molecule has 0 spiro atoms. The maximum absolute atomic E-state index is 12.1. The minimum absolute atomic E-state index is 0.109. The first-order valence-corrected chi connectivity index (χ1v) is 6.30. The van der Waals surface area contributed by atoms with E-state index in [1.54, 1.807) is 36.7 Å². The summed E-state index contributed by atoms with van der Waals surface area (Å²) in [5.41, 5.74) is 2.18. The molecular weight excluding hydrogens is 262 g/mol. The van der Waals surface area contributed by atoms with Gasteiger partial charge in [-0.3, -0.25) is 4.98 Å². The Labute approximate surface area is 116 Å². The van der Waals surface area contributed by atoms with E-state index in [0.29, 0.717) is 0 Å².